The fourth-order valence-electron chi connectivity index (χ4n) is 5.62. The quantitative estimate of drug-likeness (QED) is 0.242. The first kappa shape index (κ1) is 17.2. The second-order valence-corrected chi connectivity index (χ2v) is 8.98. The number of hydrogen-bond acceptors (Lipinski definition) is 1. The summed E-state index contributed by atoms with van der Waals surface area (Å²) in [5.41, 5.74) is 4.35. The first-order chi connectivity index (χ1) is 16.3. The molecule has 33 heavy (non-hydrogen) atoms. The largest absolute Gasteiger partial charge is 0.456 e. The molecular weight excluding hydrogens is 400 g/mol. The van der Waals surface area contributed by atoms with Gasteiger partial charge in [-0.2, -0.15) is 0 Å². The Bertz CT molecular complexity index is 2010. The van der Waals surface area contributed by atoms with Gasteiger partial charge in [-0.3, -0.25) is 0 Å². The Morgan fingerprint density at radius 2 is 1.06 bits per heavy atom. The summed E-state index contributed by atoms with van der Waals surface area (Å²) in [5, 5.41) is 12.7. The van der Waals surface area contributed by atoms with Crippen molar-refractivity contribution in [2.24, 2.45) is 0 Å². The van der Waals surface area contributed by atoms with Gasteiger partial charge < -0.3 is 4.42 Å². The van der Waals surface area contributed by atoms with Crippen LogP contribution in [0.1, 0.15) is 0 Å². The third-order valence-corrected chi connectivity index (χ3v) is 7.18. The molecule has 0 fully saturated rings. The molecule has 0 bridgehead atoms. The molecule has 152 valence electrons. The standard InChI is InChI=1S/C32H18O/c1-2-5-23-18-30-28(16-22(23)4-1)27-17-24(12-15-29(27)33-30)25-13-10-21-9-8-19-6-3-7-20-11-14-26(25)32(21)31(19)20/h1-18H. The van der Waals surface area contributed by atoms with E-state index in [0.29, 0.717) is 0 Å². The highest BCUT2D eigenvalue weighted by atomic mass is 16.3. The SMILES string of the molecule is c1ccc2cc3c(cc2c1)oc1ccc(-c2ccc4ccc5cccc6ccc2c4c56)cc13. The zero-order valence-electron chi connectivity index (χ0n) is 17.8. The minimum Gasteiger partial charge on any atom is -0.456 e. The van der Waals surface area contributed by atoms with Crippen molar-refractivity contribution < 1.29 is 4.42 Å². The molecule has 7 aromatic carbocycles. The van der Waals surface area contributed by atoms with Crippen LogP contribution in [-0.4, -0.2) is 0 Å². The molecule has 1 heteroatoms. The lowest BCUT2D eigenvalue weighted by Gasteiger charge is -2.14. The first-order valence-electron chi connectivity index (χ1n) is 11.4. The Kier molecular flexibility index (Phi) is 3.19. The van der Waals surface area contributed by atoms with Crippen LogP contribution in [0.15, 0.2) is 114 Å². The number of hydrogen-bond donors (Lipinski definition) is 0. The summed E-state index contributed by atoms with van der Waals surface area (Å²) in [7, 11) is 0. The van der Waals surface area contributed by atoms with Crippen molar-refractivity contribution in [3.05, 3.63) is 109 Å². The Morgan fingerprint density at radius 1 is 0.394 bits per heavy atom. The Balaban J connectivity index is 1.45. The van der Waals surface area contributed by atoms with E-state index < -0.39 is 0 Å². The van der Waals surface area contributed by atoms with Crippen LogP contribution >= 0.6 is 0 Å². The molecule has 0 aliphatic rings. The van der Waals surface area contributed by atoms with Gasteiger partial charge in [0.05, 0.1) is 0 Å². The Labute approximate surface area is 189 Å². The zero-order valence-corrected chi connectivity index (χ0v) is 17.8. The van der Waals surface area contributed by atoms with Gasteiger partial charge >= 0.3 is 0 Å². The maximum Gasteiger partial charge on any atom is 0.136 e. The van der Waals surface area contributed by atoms with Crippen molar-refractivity contribution in [1.29, 1.82) is 0 Å². The van der Waals surface area contributed by atoms with Crippen molar-refractivity contribution in [2.75, 3.05) is 0 Å². The van der Waals surface area contributed by atoms with Gasteiger partial charge in [0.15, 0.2) is 0 Å². The highest BCUT2D eigenvalue weighted by Gasteiger charge is 2.14. The van der Waals surface area contributed by atoms with Crippen LogP contribution in [0.3, 0.4) is 0 Å². The van der Waals surface area contributed by atoms with Crippen LogP contribution in [-0.2, 0) is 0 Å². The topological polar surface area (TPSA) is 13.1 Å². The van der Waals surface area contributed by atoms with E-state index in [9.17, 15) is 0 Å². The van der Waals surface area contributed by atoms with E-state index in [0.717, 1.165) is 11.2 Å². The molecule has 1 aromatic heterocycles. The minimum absolute atomic E-state index is 0.932. The van der Waals surface area contributed by atoms with Crippen LogP contribution in [0.2, 0.25) is 0 Å². The molecule has 1 nitrogen and oxygen atoms in total. The van der Waals surface area contributed by atoms with Crippen molar-refractivity contribution in [3.63, 3.8) is 0 Å². The van der Waals surface area contributed by atoms with Crippen LogP contribution in [0.4, 0.5) is 0 Å². The Hall–Kier alpha value is -4.36. The molecule has 0 saturated heterocycles. The Morgan fingerprint density at radius 3 is 1.91 bits per heavy atom. The zero-order chi connectivity index (χ0) is 21.5. The summed E-state index contributed by atoms with van der Waals surface area (Å²) in [6.45, 7) is 0. The fraction of sp³-hybridized carbons (Fsp3) is 0. The van der Waals surface area contributed by atoms with Crippen molar-refractivity contribution in [2.45, 2.75) is 0 Å². The number of furan rings is 1. The third kappa shape index (κ3) is 2.31. The number of fused-ring (bicyclic) bond motifs is 4. The van der Waals surface area contributed by atoms with Crippen molar-refractivity contribution in [3.8, 4) is 11.1 Å². The van der Waals surface area contributed by atoms with Gasteiger partial charge in [-0.1, -0.05) is 84.9 Å². The molecule has 0 aliphatic carbocycles. The van der Waals surface area contributed by atoms with E-state index in [1.165, 1.54) is 65.0 Å². The summed E-state index contributed by atoms with van der Waals surface area (Å²) in [5.74, 6) is 0. The van der Waals surface area contributed by atoms with Gasteiger partial charge in [0, 0.05) is 10.8 Å². The second kappa shape index (κ2) is 6.11. The molecule has 0 radical (unpaired) electrons. The van der Waals surface area contributed by atoms with E-state index >= 15 is 0 Å². The molecule has 1 heterocycles. The first-order valence-corrected chi connectivity index (χ1v) is 11.4. The van der Waals surface area contributed by atoms with Crippen molar-refractivity contribution in [1.82, 2.24) is 0 Å². The average molecular weight is 418 g/mol. The normalized spacial score (nSPS) is 12.2. The minimum atomic E-state index is 0.932. The summed E-state index contributed by atoms with van der Waals surface area (Å²) in [4.78, 5) is 0. The average Bonchev–Trinajstić information content (AvgIpc) is 3.22. The monoisotopic (exact) mass is 418 g/mol. The maximum atomic E-state index is 6.23. The van der Waals surface area contributed by atoms with Gasteiger partial charge in [0.25, 0.3) is 0 Å². The molecular formula is C32H18O. The lowest BCUT2D eigenvalue weighted by molar-refractivity contribution is 0.669. The molecule has 0 amide bonds. The molecule has 0 aliphatic heterocycles. The van der Waals surface area contributed by atoms with Crippen LogP contribution in [0.5, 0.6) is 0 Å². The number of benzene rings is 7. The maximum absolute atomic E-state index is 6.23. The fourth-order valence-corrected chi connectivity index (χ4v) is 5.62. The molecule has 0 N–H and O–H groups in total. The van der Waals surface area contributed by atoms with Crippen LogP contribution in [0, 0.1) is 0 Å². The molecule has 0 saturated carbocycles. The van der Waals surface area contributed by atoms with E-state index in [2.05, 4.69) is 109 Å². The molecule has 8 aromatic rings. The van der Waals surface area contributed by atoms with Gasteiger partial charge in [-0.15, -0.1) is 0 Å². The van der Waals surface area contributed by atoms with Crippen molar-refractivity contribution >= 4 is 65.0 Å². The number of rotatable bonds is 1. The highest BCUT2D eigenvalue weighted by molar-refractivity contribution is 6.25. The molecule has 0 unspecified atom stereocenters. The van der Waals surface area contributed by atoms with E-state index in [-0.39, 0.29) is 0 Å². The lowest BCUT2D eigenvalue weighted by Crippen LogP contribution is -1.87. The van der Waals surface area contributed by atoms with Gasteiger partial charge in [-0.05, 0) is 78.5 Å². The van der Waals surface area contributed by atoms with E-state index in [1.54, 1.807) is 0 Å². The predicted molar refractivity (Wildman–Crippen MR) is 140 cm³/mol. The van der Waals surface area contributed by atoms with Gasteiger partial charge in [-0.25, -0.2) is 0 Å². The predicted octanol–water partition coefficient (Wildman–Crippen LogP) is 9.30. The summed E-state index contributed by atoms with van der Waals surface area (Å²) < 4.78 is 6.23. The van der Waals surface area contributed by atoms with E-state index in [4.69, 9.17) is 4.42 Å². The summed E-state index contributed by atoms with van der Waals surface area (Å²) in [6, 6.07) is 39.6. The van der Waals surface area contributed by atoms with Crippen LogP contribution < -0.4 is 0 Å². The van der Waals surface area contributed by atoms with E-state index in [1.807, 2.05) is 0 Å². The lowest BCUT2D eigenvalue weighted by atomic mass is 9.89. The third-order valence-electron chi connectivity index (χ3n) is 7.18. The summed E-state index contributed by atoms with van der Waals surface area (Å²) >= 11 is 0. The van der Waals surface area contributed by atoms with Gasteiger partial charge in [0.2, 0.25) is 0 Å². The second-order valence-electron chi connectivity index (χ2n) is 8.98. The molecule has 8 rings (SSSR count). The van der Waals surface area contributed by atoms with Gasteiger partial charge in [0.1, 0.15) is 11.2 Å². The molecule has 0 spiro atoms. The smallest absolute Gasteiger partial charge is 0.136 e. The molecule has 0 atom stereocenters. The van der Waals surface area contributed by atoms with Crippen LogP contribution in [0.25, 0.3) is 76.2 Å². The summed E-state index contributed by atoms with van der Waals surface area (Å²) in [6.07, 6.45) is 0. The highest BCUT2D eigenvalue weighted by Crippen LogP contribution is 2.41.